The summed E-state index contributed by atoms with van der Waals surface area (Å²) in [5, 5.41) is 3.32. The summed E-state index contributed by atoms with van der Waals surface area (Å²) in [7, 11) is 0. The smallest absolute Gasteiger partial charge is 0.311 e. The number of rotatable bonds is 6. The molecule has 0 atom stereocenters. The number of halogens is 1. The van der Waals surface area contributed by atoms with Crippen molar-refractivity contribution in [2.24, 2.45) is 0 Å². The third kappa shape index (κ3) is 4.64. The summed E-state index contributed by atoms with van der Waals surface area (Å²) in [6, 6.07) is 11.5. The van der Waals surface area contributed by atoms with Crippen molar-refractivity contribution >= 4 is 23.5 Å². The molecule has 0 saturated carbocycles. The van der Waals surface area contributed by atoms with Crippen LogP contribution in [0.15, 0.2) is 42.5 Å². The van der Waals surface area contributed by atoms with Crippen molar-refractivity contribution in [3.05, 3.63) is 53.1 Å². The van der Waals surface area contributed by atoms with Crippen molar-refractivity contribution in [3.8, 4) is 17.2 Å². The highest BCUT2D eigenvalue weighted by Gasteiger charge is 2.15. The highest BCUT2D eigenvalue weighted by atomic mass is 35.5. The van der Waals surface area contributed by atoms with E-state index in [0.717, 1.165) is 0 Å². The van der Waals surface area contributed by atoms with Gasteiger partial charge in [-0.05, 0) is 42.8 Å². The van der Waals surface area contributed by atoms with Crippen molar-refractivity contribution < 1.29 is 23.8 Å². The van der Waals surface area contributed by atoms with E-state index < -0.39 is 0 Å². The van der Waals surface area contributed by atoms with Crippen LogP contribution < -0.4 is 19.5 Å². The molecule has 1 aliphatic rings. The fourth-order valence-corrected chi connectivity index (χ4v) is 2.39. The lowest BCUT2D eigenvalue weighted by Gasteiger charge is -2.07. The second-order valence-corrected chi connectivity index (χ2v) is 5.79. The lowest BCUT2D eigenvalue weighted by molar-refractivity contribution is -0.134. The second-order valence-electron chi connectivity index (χ2n) is 5.36. The van der Waals surface area contributed by atoms with Crippen LogP contribution in [0.5, 0.6) is 17.2 Å². The van der Waals surface area contributed by atoms with E-state index in [-0.39, 0.29) is 25.1 Å². The number of hydrogen-bond acceptors (Lipinski definition) is 5. The summed E-state index contributed by atoms with van der Waals surface area (Å²) in [4.78, 5) is 23.7. The van der Waals surface area contributed by atoms with E-state index in [0.29, 0.717) is 40.8 Å². The van der Waals surface area contributed by atoms with Crippen LogP contribution in [0.2, 0.25) is 5.02 Å². The average Bonchev–Trinajstić information content (AvgIpc) is 3.07. The number of fused-ring (bicyclic) bond motifs is 1. The molecule has 0 unspecified atom stereocenters. The predicted molar refractivity (Wildman–Crippen MR) is 91.2 cm³/mol. The fourth-order valence-electron chi connectivity index (χ4n) is 2.26. The molecule has 3 rings (SSSR count). The van der Waals surface area contributed by atoms with E-state index in [2.05, 4.69) is 5.32 Å². The number of hydrogen-bond donors (Lipinski definition) is 1. The largest absolute Gasteiger partial charge is 0.454 e. The van der Waals surface area contributed by atoms with Gasteiger partial charge >= 0.3 is 5.97 Å². The maximum Gasteiger partial charge on any atom is 0.311 e. The number of nitrogens with one attached hydrogen (secondary N) is 1. The summed E-state index contributed by atoms with van der Waals surface area (Å²) >= 11 is 5.78. The van der Waals surface area contributed by atoms with Crippen LogP contribution in [0.25, 0.3) is 0 Å². The van der Waals surface area contributed by atoms with Gasteiger partial charge in [0.25, 0.3) is 5.91 Å². The van der Waals surface area contributed by atoms with Crippen molar-refractivity contribution in [2.45, 2.75) is 12.8 Å². The lowest BCUT2D eigenvalue weighted by atomic mass is 10.2. The Hall–Kier alpha value is -2.73. The Kier molecular flexibility index (Phi) is 5.40. The summed E-state index contributed by atoms with van der Waals surface area (Å²) in [5.41, 5.74) is 0.521. The van der Waals surface area contributed by atoms with Gasteiger partial charge < -0.3 is 19.5 Å². The van der Waals surface area contributed by atoms with Gasteiger partial charge in [-0.15, -0.1) is 0 Å². The van der Waals surface area contributed by atoms with Crippen LogP contribution in [0.3, 0.4) is 0 Å². The monoisotopic (exact) mass is 361 g/mol. The van der Waals surface area contributed by atoms with E-state index in [1.54, 1.807) is 42.5 Å². The molecule has 7 heteroatoms. The molecule has 1 N–H and O–H groups in total. The number of esters is 1. The maximum atomic E-state index is 11.9. The molecule has 1 heterocycles. The lowest BCUT2D eigenvalue weighted by Crippen LogP contribution is -2.25. The van der Waals surface area contributed by atoms with Gasteiger partial charge in [0.1, 0.15) is 5.75 Å². The molecular weight excluding hydrogens is 346 g/mol. The molecule has 0 aliphatic carbocycles. The molecule has 1 aliphatic heterocycles. The van der Waals surface area contributed by atoms with Crippen molar-refractivity contribution in [3.63, 3.8) is 0 Å². The summed E-state index contributed by atoms with van der Waals surface area (Å²) in [6.45, 7) is 0.539. The van der Waals surface area contributed by atoms with E-state index in [4.69, 9.17) is 25.8 Å². The van der Waals surface area contributed by atoms with Crippen molar-refractivity contribution in [1.82, 2.24) is 5.32 Å². The van der Waals surface area contributed by atoms with Gasteiger partial charge in [-0.3, -0.25) is 9.59 Å². The fraction of sp³-hybridized carbons (Fsp3) is 0.222. The van der Waals surface area contributed by atoms with E-state index in [1.807, 2.05) is 0 Å². The number of carbonyl (C=O) groups excluding carboxylic acids is 2. The molecule has 0 aromatic heterocycles. The first-order valence-corrected chi connectivity index (χ1v) is 8.14. The molecule has 0 radical (unpaired) electrons. The second kappa shape index (κ2) is 7.90. The van der Waals surface area contributed by atoms with Crippen LogP contribution >= 0.6 is 11.6 Å². The van der Waals surface area contributed by atoms with Crippen LogP contribution in [0.4, 0.5) is 0 Å². The van der Waals surface area contributed by atoms with Crippen molar-refractivity contribution in [1.29, 1.82) is 0 Å². The van der Waals surface area contributed by atoms with Gasteiger partial charge in [-0.1, -0.05) is 11.6 Å². The van der Waals surface area contributed by atoms with Gasteiger partial charge in [-0.2, -0.15) is 0 Å². The predicted octanol–water partition coefficient (Wildman–Crippen LogP) is 3.18. The Bertz CT molecular complexity index is 776. The van der Waals surface area contributed by atoms with Gasteiger partial charge in [0, 0.05) is 29.6 Å². The molecule has 0 saturated heterocycles. The molecule has 130 valence electrons. The molecule has 25 heavy (non-hydrogen) atoms. The Morgan fingerprint density at radius 3 is 2.64 bits per heavy atom. The minimum atomic E-state index is -0.375. The third-order valence-corrected chi connectivity index (χ3v) is 3.78. The zero-order valence-corrected chi connectivity index (χ0v) is 14.0. The topological polar surface area (TPSA) is 73.9 Å². The van der Waals surface area contributed by atoms with Crippen LogP contribution in [0, 0.1) is 0 Å². The Morgan fingerprint density at radius 1 is 1.08 bits per heavy atom. The van der Waals surface area contributed by atoms with Crippen molar-refractivity contribution in [2.75, 3.05) is 13.3 Å². The van der Waals surface area contributed by atoms with Crippen LogP contribution in [-0.2, 0) is 4.79 Å². The molecule has 0 bridgehead atoms. The summed E-state index contributed by atoms with van der Waals surface area (Å²) in [6.07, 6.45) is 0.665. The highest BCUT2D eigenvalue weighted by Crippen LogP contribution is 2.35. The average molecular weight is 362 g/mol. The standard InChI is InChI=1S/C18H16ClNO5/c19-13-5-3-12(4-6-13)18(22)20-9-1-2-17(21)25-14-7-8-15-16(10-14)24-11-23-15/h3-8,10H,1-2,9,11H2,(H,20,22). The highest BCUT2D eigenvalue weighted by molar-refractivity contribution is 6.30. The van der Waals surface area contributed by atoms with E-state index in [9.17, 15) is 9.59 Å². The number of benzene rings is 2. The Morgan fingerprint density at radius 2 is 1.84 bits per heavy atom. The molecular formula is C18H16ClNO5. The zero-order chi connectivity index (χ0) is 17.6. The third-order valence-electron chi connectivity index (χ3n) is 3.53. The summed E-state index contributed by atoms with van der Waals surface area (Å²) < 4.78 is 15.7. The van der Waals surface area contributed by atoms with Crippen LogP contribution in [-0.4, -0.2) is 25.2 Å². The first-order valence-electron chi connectivity index (χ1n) is 7.76. The number of carbonyl (C=O) groups is 2. The normalized spacial score (nSPS) is 11.9. The minimum Gasteiger partial charge on any atom is -0.454 e. The van der Waals surface area contributed by atoms with E-state index >= 15 is 0 Å². The Labute approximate surface area is 149 Å². The first-order chi connectivity index (χ1) is 12.1. The van der Waals surface area contributed by atoms with Gasteiger partial charge in [0.05, 0.1) is 0 Å². The SMILES string of the molecule is O=C(CCCNC(=O)c1ccc(Cl)cc1)Oc1ccc2c(c1)OCO2. The molecule has 0 spiro atoms. The summed E-state index contributed by atoms with van der Waals surface area (Å²) in [5.74, 6) is 1.00. The van der Waals surface area contributed by atoms with Gasteiger partial charge in [0.2, 0.25) is 6.79 Å². The quantitative estimate of drug-likeness (QED) is 0.486. The molecule has 0 fully saturated rings. The molecule has 2 aromatic carbocycles. The van der Waals surface area contributed by atoms with Crippen LogP contribution in [0.1, 0.15) is 23.2 Å². The molecule has 6 nitrogen and oxygen atoms in total. The first kappa shape index (κ1) is 17.1. The molecule has 1 amide bonds. The van der Waals surface area contributed by atoms with E-state index in [1.165, 1.54) is 0 Å². The minimum absolute atomic E-state index is 0.167. The Balaban J connectivity index is 1.39. The molecule has 2 aromatic rings. The van der Waals surface area contributed by atoms with Gasteiger partial charge in [-0.25, -0.2) is 0 Å². The zero-order valence-electron chi connectivity index (χ0n) is 13.3. The van der Waals surface area contributed by atoms with Gasteiger partial charge in [0.15, 0.2) is 11.5 Å². The number of amides is 1. The number of ether oxygens (including phenoxy) is 3. The maximum absolute atomic E-state index is 11.9.